The Bertz CT molecular complexity index is 117. The van der Waals surface area contributed by atoms with Crippen molar-refractivity contribution < 1.29 is 4.74 Å². The maximum atomic E-state index is 5.79. The Morgan fingerprint density at radius 1 is 1.23 bits per heavy atom. The summed E-state index contributed by atoms with van der Waals surface area (Å²) in [5.41, 5.74) is 0. The lowest BCUT2D eigenvalue weighted by atomic mass is 9.93. The molecule has 0 unspecified atom stereocenters. The lowest BCUT2D eigenvalue weighted by molar-refractivity contribution is 0.0216. The van der Waals surface area contributed by atoms with Crippen molar-refractivity contribution in [3.63, 3.8) is 0 Å². The Labute approximate surface area is 82.0 Å². The van der Waals surface area contributed by atoms with Crippen LogP contribution in [0.5, 0.6) is 0 Å². The van der Waals surface area contributed by atoms with Crippen molar-refractivity contribution >= 4 is 0 Å². The van der Waals surface area contributed by atoms with Crippen LogP contribution < -0.4 is 5.32 Å². The Hall–Kier alpha value is -0.0800. The molecular formula is C11H23NO. The molecule has 1 N–H and O–H groups in total. The highest BCUT2D eigenvalue weighted by Crippen LogP contribution is 2.20. The molecule has 0 amide bonds. The molecule has 1 rings (SSSR count). The summed E-state index contributed by atoms with van der Waals surface area (Å²) in [5, 5.41) is 3.34. The van der Waals surface area contributed by atoms with Crippen molar-refractivity contribution in [1.82, 2.24) is 5.32 Å². The van der Waals surface area contributed by atoms with Crippen LogP contribution >= 0.6 is 0 Å². The monoisotopic (exact) mass is 185 g/mol. The fourth-order valence-corrected chi connectivity index (χ4v) is 1.91. The maximum Gasteiger partial charge on any atom is 0.0576 e. The highest BCUT2D eigenvalue weighted by atomic mass is 16.5. The van der Waals surface area contributed by atoms with Crippen LogP contribution in [-0.2, 0) is 4.74 Å². The second kappa shape index (κ2) is 6.39. The van der Waals surface area contributed by atoms with Gasteiger partial charge in [0.1, 0.15) is 0 Å². The van der Waals surface area contributed by atoms with Gasteiger partial charge in [-0.3, -0.25) is 0 Å². The average Bonchev–Trinajstić information content (AvgIpc) is 2.19. The first-order chi connectivity index (χ1) is 6.36. The predicted octanol–water partition coefficient (Wildman–Crippen LogP) is 2.33. The summed E-state index contributed by atoms with van der Waals surface area (Å²) in [7, 11) is 2.06. The highest BCUT2D eigenvalue weighted by Gasteiger charge is 2.19. The van der Waals surface area contributed by atoms with Crippen LogP contribution in [0, 0.1) is 0 Å². The molecule has 0 spiro atoms. The minimum absolute atomic E-state index is 0.552. The zero-order valence-electron chi connectivity index (χ0n) is 9.01. The fraction of sp³-hybridized carbons (Fsp3) is 1.00. The smallest absolute Gasteiger partial charge is 0.0576 e. The molecule has 1 aliphatic rings. The van der Waals surface area contributed by atoms with Gasteiger partial charge in [0.2, 0.25) is 0 Å². The van der Waals surface area contributed by atoms with Gasteiger partial charge in [-0.15, -0.1) is 0 Å². The molecule has 0 radical (unpaired) electrons. The molecule has 0 aromatic carbocycles. The minimum Gasteiger partial charge on any atom is -0.378 e. The summed E-state index contributed by atoms with van der Waals surface area (Å²) in [6.07, 6.45) is 8.07. The first kappa shape index (κ1) is 11.0. The van der Waals surface area contributed by atoms with Crippen LogP contribution in [0.15, 0.2) is 0 Å². The standard InChI is InChI=1S/C11H23NO/c1-3-4-9-13-11-7-5-10(12-2)6-8-11/h10-12H,3-9H2,1-2H3. The summed E-state index contributed by atoms with van der Waals surface area (Å²) in [6.45, 7) is 3.17. The van der Waals surface area contributed by atoms with Gasteiger partial charge >= 0.3 is 0 Å². The summed E-state index contributed by atoms with van der Waals surface area (Å²) in [4.78, 5) is 0. The predicted molar refractivity (Wildman–Crippen MR) is 56.0 cm³/mol. The average molecular weight is 185 g/mol. The van der Waals surface area contributed by atoms with Gasteiger partial charge in [0.05, 0.1) is 6.10 Å². The molecule has 0 bridgehead atoms. The summed E-state index contributed by atoms with van der Waals surface area (Å²) in [5.74, 6) is 0. The number of unbranched alkanes of at least 4 members (excludes halogenated alkanes) is 1. The van der Waals surface area contributed by atoms with Crippen LogP contribution in [0.3, 0.4) is 0 Å². The van der Waals surface area contributed by atoms with Gasteiger partial charge in [0.15, 0.2) is 0 Å². The van der Waals surface area contributed by atoms with Gasteiger partial charge in [-0.05, 0) is 39.2 Å². The van der Waals surface area contributed by atoms with Crippen molar-refractivity contribution in [3.05, 3.63) is 0 Å². The first-order valence-corrected chi connectivity index (χ1v) is 5.65. The van der Waals surface area contributed by atoms with Gasteiger partial charge in [-0.1, -0.05) is 13.3 Å². The van der Waals surface area contributed by atoms with Gasteiger partial charge in [0.25, 0.3) is 0 Å². The van der Waals surface area contributed by atoms with Crippen molar-refractivity contribution in [2.75, 3.05) is 13.7 Å². The molecule has 78 valence electrons. The SMILES string of the molecule is CCCCOC1CCC(NC)CC1. The molecule has 2 heteroatoms. The van der Waals surface area contributed by atoms with Crippen LogP contribution in [0.25, 0.3) is 0 Å². The quantitative estimate of drug-likeness (QED) is 0.664. The number of ether oxygens (including phenoxy) is 1. The summed E-state index contributed by atoms with van der Waals surface area (Å²) < 4.78 is 5.79. The Morgan fingerprint density at radius 2 is 1.92 bits per heavy atom. The first-order valence-electron chi connectivity index (χ1n) is 5.65. The summed E-state index contributed by atoms with van der Waals surface area (Å²) in [6, 6.07) is 0.742. The van der Waals surface area contributed by atoms with Gasteiger partial charge in [-0.25, -0.2) is 0 Å². The molecule has 0 saturated heterocycles. The molecule has 1 aliphatic carbocycles. The van der Waals surface area contributed by atoms with Gasteiger partial charge in [-0.2, -0.15) is 0 Å². The number of hydrogen-bond acceptors (Lipinski definition) is 2. The molecule has 1 fully saturated rings. The minimum atomic E-state index is 0.552. The second-order valence-electron chi connectivity index (χ2n) is 3.99. The number of rotatable bonds is 5. The molecule has 1 saturated carbocycles. The Balaban J connectivity index is 2.03. The molecule has 0 aromatic rings. The maximum absolute atomic E-state index is 5.79. The lowest BCUT2D eigenvalue weighted by Crippen LogP contribution is -2.33. The van der Waals surface area contributed by atoms with Crippen molar-refractivity contribution in [2.24, 2.45) is 0 Å². The van der Waals surface area contributed by atoms with E-state index in [1.54, 1.807) is 0 Å². The highest BCUT2D eigenvalue weighted by molar-refractivity contribution is 4.76. The largest absolute Gasteiger partial charge is 0.378 e. The fourth-order valence-electron chi connectivity index (χ4n) is 1.91. The molecule has 0 heterocycles. The normalized spacial score (nSPS) is 29.1. The van der Waals surface area contributed by atoms with E-state index in [9.17, 15) is 0 Å². The van der Waals surface area contributed by atoms with E-state index in [1.807, 2.05) is 0 Å². The third-order valence-corrected chi connectivity index (χ3v) is 2.93. The number of hydrogen-bond donors (Lipinski definition) is 1. The zero-order chi connectivity index (χ0) is 9.52. The van der Waals surface area contributed by atoms with E-state index >= 15 is 0 Å². The van der Waals surface area contributed by atoms with Crippen LogP contribution in [0.1, 0.15) is 45.4 Å². The van der Waals surface area contributed by atoms with Crippen molar-refractivity contribution in [3.8, 4) is 0 Å². The zero-order valence-corrected chi connectivity index (χ0v) is 9.01. The van der Waals surface area contributed by atoms with Crippen molar-refractivity contribution in [1.29, 1.82) is 0 Å². The Morgan fingerprint density at radius 3 is 2.46 bits per heavy atom. The second-order valence-corrected chi connectivity index (χ2v) is 3.99. The van der Waals surface area contributed by atoms with E-state index in [1.165, 1.54) is 38.5 Å². The molecule has 0 aromatic heterocycles. The van der Waals surface area contributed by atoms with Crippen LogP contribution in [-0.4, -0.2) is 25.8 Å². The molecule has 0 atom stereocenters. The van der Waals surface area contributed by atoms with E-state index < -0.39 is 0 Å². The van der Waals surface area contributed by atoms with E-state index in [-0.39, 0.29) is 0 Å². The Kier molecular flexibility index (Phi) is 5.40. The molecule has 2 nitrogen and oxygen atoms in total. The molecule has 0 aliphatic heterocycles. The van der Waals surface area contributed by atoms with E-state index in [2.05, 4.69) is 19.3 Å². The third kappa shape index (κ3) is 4.10. The van der Waals surface area contributed by atoms with Gasteiger partial charge in [0, 0.05) is 12.6 Å². The number of nitrogens with one attached hydrogen (secondary N) is 1. The lowest BCUT2D eigenvalue weighted by Gasteiger charge is -2.28. The molecular weight excluding hydrogens is 162 g/mol. The van der Waals surface area contributed by atoms with Crippen LogP contribution in [0.4, 0.5) is 0 Å². The van der Waals surface area contributed by atoms with Crippen molar-refractivity contribution in [2.45, 2.75) is 57.6 Å². The molecule has 13 heavy (non-hydrogen) atoms. The van der Waals surface area contributed by atoms with E-state index in [0.717, 1.165) is 12.6 Å². The summed E-state index contributed by atoms with van der Waals surface area (Å²) >= 11 is 0. The topological polar surface area (TPSA) is 21.3 Å². The third-order valence-electron chi connectivity index (χ3n) is 2.93. The van der Waals surface area contributed by atoms with E-state index in [0.29, 0.717) is 6.10 Å². The van der Waals surface area contributed by atoms with Crippen LogP contribution in [0.2, 0.25) is 0 Å². The van der Waals surface area contributed by atoms with E-state index in [4.69, 9.17) is 4.74 Å². The van der Waals surface area contributed by atoms with Gasteiger partial charge < -0.3 is 10.1 Å².